The molecule has 0 radical (unpaired) electrons. The summed E-state index contributed by atoms with van der Waals surface area (Å²) in [6, 6.07) is 5.49. The average molecular weight is 272 g/mol. The quantitative estimate of drug-likeness (QED) is 0.898. The molecule has 1 unspecified atom stereocenters. The van der Waals surface area contributed by atoms with E-state index in [0.717, 1.165) is 15.8 Å². The van der Waals surface area contributed by atoms with Gasteiger partial charge in [0.15, 0.2) is 0 Å². The van der Waals surface area contributed by atoms with Gasteiger partial charge in [0, 0.05) is 10.0 Å². The Hall–Kier alpha value is -1.23. The molecule has 5 heteroatoms. The number of methoxy groups -OCH3 is 1. The molecule has 0 aromatic heterocycles. The van der Waals surface area contributed by atoms with Gasteiger partial charge in [-0.2, -0.15) is 0 Å². The molecule has 1 amide bonds. The van der Waals surface area contributed by atoms with E-state index < -0.39 is 6.09 Å². The summed E-state index contributed by atoms with van der Waals surface area (Å²) in [6.45, 7) is 0.331. The molecule has 1 atom stereocenters. The molecule has 1 aromatic carbocycles. The molecule has 1 aliphatic rings. The maximum atomic E-state index is 10.9. The number of hydrogen-bond donors (Lipinski definition) is 1. The maximum absolute atomic E-state index is 10.9. The zero-order chi connectivity index (χ0) is 10.8. The van der Waals surface area contributed by atoms with E-state index in [0.29, 0.717) is 6.61 Å². The zero-order valence-electron chi connectivity index (χ0n) is 8.12. The van der Waals surface area contributed by atoms with E-state index in [9.17, 15) is 4.79 Å². The summed E-state index contributed by atoms with van der Waals surface area (Å²) in [6.07, 6.45) is -0.391. The fourth-order valence-electron chi connectivity index (χ4n) is 1.57. The number of rotatable bonds is 2. The molecule has 1 heterocycles. The van der Waals surface area contributed by atoms with Gasteiger partial charge in [0.2, 0.25) is 0 Å². The maximum Gasteiger partial charge on any atom is 0.407 e. The van der Waals surface area contributed by atoms with Crippen molar-refractivity contribution in [1.82, 2.24) is 5.32 Å². The Balaban J connectivity index is 2.37. The normalized spacial score (nSPS) is 19.6. The number of hydrogen-bond acceptors (Lipinski definition) is 3. The zero-order valence-corrected chi connectivity index (χ0v) is 9.71. The molecule has 80 valence electrons. The lowest BCUT2D eigenvalue weighted by molar-refractivity contribution is 0.176. The highest BCUT2D eigenvalue weighted by molar-refractivity contribution is 9.10. The van der Waals surface area contributed by atoms with Gasteiger partial charge < -0.3 is 14.8 Å². The van der Waals surface area contributed by atoms with Crippen molar-refractivity contribution < 1.29 is 14.3 Å². The summed E-state index contributed by atoms with van der Waals surface area (Å²) in [5.41, 5.74) is 0.908. The summed E-state index contributed by atoms with van der Waals surface area (Å²) in [4.78, 5) is 10.9. The third-order valence-corrected chi connectivity index (χ3v) is 2.95. The summed E-state index contributed by atoms with van der Waals surface area (Å²) < 4.78 is 11.0. The van der Waals surface area contributed by atoms with Crippen molar-refractivity contribution in [3.63, 3.8) is 0 Å². The number of ether oxygens (including phenoxy) is 2. The molecule has 1 saturated heterocycles. The fourth-order valence-corrected chi connectivity index (χ4v) is 2.20. The number of benzene rings is 1. The van der Waals surface area contributed by atoms with Gasteiger partial charge in [-0.05, 0) is 12.1 Å². The molecule has 2 rings (SSSR count). The van der Waals surface area contributed by atoms with E-state index in [1.54, 1.807) is 7.11 Å². The van der Waals surface area contributed by atoms with Crippen LogP contribution in [0.5, 0.6) is 5.75 Å². The van der Waals surface area contributed by atoms with Gasteiger partial charge in [-0.25, -0.2) is 4.79 Å². The van der Waals surface area contributed by atoms with E-state index in [1.807, 2.05) is 18.2 Å². The third kappa shape index (κ3) is 1.92. The van der Waals surface area contributed by atoms with Crippen LogP contribution in [0.1, 0.15) is 11.6 Å². The van der Waals surface area contributed by atoms with Crippen molar-refractivity contribution in [3.8, 4) is 5.75 Å². The van der Waals surface area contributed by atoms with Gasteiger partial charge in [0.25, 0.3) is 0 Å². The number of nitrogens with one attached hydrogen (secondary N) is 1. The first-order valence-corrected chi connectivity index (χ1v) is 5.27. The average Bonchev–Trinajstić information content (AvgIpc) is 2.64. The van der Waals surface area contributed by atoms with Gasteiger partial charge in [-0.3, -0.25) is 0 Å². The van der Waals surface area contributed by atoms with Crippen LogP contribution in [0.25, 0.3) is 0 Å². The Kier molecular flexibility index (Phi) is 2.81. The Morgan fingerprint density at radius 3 is 3.00 bits per heavy atom. The number of carbonyl (C=O) groups is 1. The van der Waals surface area contributed by atoms with Crippen molar-refractivity contribution in [2.75, 3.05) is 13.7 Å². The van der Waals surface area contributed by atoms with Crippen LogP contribution in [-0.4, -0.2) is 19.8 Å². The van der Waals surface area contributed by atoms with Crippen molar-refractivity contribution in [3.05, 3.63) is 28.2 Å². The molecule has 1 aromatic rings. The molecule has 0 spiro atoms. The van der Waals surface area contributed by atoms with Gasteiger partial charge in [0.05, 0.1) is 13.2 Å². The minimum atomic E-state index is -0.391. The predicted octanol–water partition coefficient (Wildman–Crippen LogP) is 2.24. The first kappa shape index (κ1) is 10.3. The molecule has 0 bridgehead atoms. The second-order valence-electron chi connectivity index (χ2n) is 3.15. The highest BCUT2D eigenvalue weighted by Gasteiger charge is 2.27. The molecule has 0 saturated carbocycles. The van der Waals surface area contributed by atoms with E-state index in [2.05, 4.69) is 21.2 Å². The Morgan fingerprint density at radius 2 is 2.40 bits per heavy atom. The number of halogens is 1. The van der Waals surface area contributed by atoms with Crippen LogP contribution in [0.3, 0.4) is 0 Å². The van der Waals surface area contributed by atoms with Crippen molar-refractivity contribution in [2.24, 2.45) is 0 Å². The second-order valence-corrected chi connectivity index (χ2v) is 4.01. The first-order valence-electron chi connectivity index (χ1n) is 4.48. The lowest BCUT2D eigenvalue weighted by Gasteiger charge is -2.14. The van der Waals surface area contributed by atoms with Crippen LogP contribution in [0.4, 0.5) is 4.79 Å². The minimum Gasteiger partial charge on any atom is -0.496 e. The highest BCUT2D eigenvalue weighted by atomic mass is 79.9. The first-order chi connectivity index (χ1) is 7.22. The summed E-state index contributed by atoms with van der Waals surface area (Å²) in [7, 11) is 1.60. The molecule has 15 heavy (non-hydrogen) atoms. The largest absolute Gasteiger partial charge is 0.496 e. The molecular weight excluding hydrogens is 262 g/mol. The van der Waals surface area contributed by atoms with E-state index in [1.165, 1.54) is 0 Å². The van der Waals surface area contributed by atoms with Crippen molar-refractivity contribution in [1.29, 1.82) is 0 Å². The fraction of sp³-hybridized carbons (Fsp3) is 0.300. The standard InChI is InChI=1S/C10H10BrNO3/c1-14-8-4-2-3-6(11)9(8)7-5-15-10(13)12-7/h2-4,7H,5H2,1H3,(H,12,13). The smallest absolute Gasteiger partial charge is 0.407 e. The van der Waals surface area contributed by atoms with Crippen LogP contribution in [0, 0.1) is 0 Å². The molecule has 1 N–H and O–H groups in total. The molecular formula is C10H10BrNO3. The minimum absolute atomic E-state index is 0.150. The van der Waals surface area contributed by atoms with Crippen LogP contribution >= 0.6 is 15.9 Å². The molecule has 1 aliphatic heterocycles. The lowest BCUT2D eigenvalue weighted by atomic mass is 10.1. The molecule has 4 nitrogen and oxygen atoms in total. The lowest BCUT2D eigenvalue weighted by Crippen LogP contribution is -2.19. The topological polar surface area (TPSA) is 47.6 Å². The SMILES string of the molecule is COc1cccc(Br)c1C1COC(=O)N1. The second kappa shape index (κ2) is 4.10. The van der Waals surface area contributed by atoms with Crippen LogP contribution in [0.2, 0.25) is 0 Å². The Morgan fingerprint density at radius 1 is 1.60 bits per heavy atom. The summed E-state index contributed by atoms with van der Waals surface area (Å²) >= 11 is 3.43. The molecule has 1 fully saturated rings. The van der Waals surface area contributed by atoms with E-state index in [4.69, 9.17) is 9.47 Å². The van der Waals surface area contributed by atoms with Gasteiger partial charge in [-0.15, -0.1) is 0 Å². The van der Waals surface area contributed by atoms with E-state index in [-0.39, 0.29) is 6.04 Å². The molecule has 0 aliphatic carbocycles. The van der Waals surface area contributed by atoms with Crippen LogP contribution in [-0.2, 0) is 4.74 Å². The number of cyclic esters (lactones) is 1. The van der Waals surface area contributed by atoms with Crippen molar-refractivity contribution >= 4 is 22.0 Å². The van der Waals surface area contributed by atoms with Gasteiger partial charge in [0.1, 0.15) is 12.4 Å². The summed E-state index contributed by atoms with van der Waals surface area (Å²) in [5, 5.41) is 2.71. The third-order valence-electron chi connectivity index (χ3n) is 2.25. The number of carbonyl (C=O) groups excluding carboxylic acids is 1. The monoisotopic (exact) mass is 271 g/mol. The summed E-state index contributed by atoms with van der Waals surface area (Å²) in [5.74, 6) is 0.736. The van der Waals surface area contributed by atoms with Gasteiger partial charge >= 0.3 is 6.09 Å². The number of alkyl carbamates (subject to hydrolysis) is 1. The van der Waals surface area contributed by atoms with Crippen molar-refractivity contribution in [2.45, 2.75) is 6.04 Å². The predicted molar refractivity (Wildman–Crippen MR) is 57.9 cm³/mol. The van der Waals surface area contributed by atoms with Gasteiger partial charge in [-0.1, -0.05) is 22.0 Å². The Labute approximate surface area is 95.7 Å². The van der Waals surface area contributed by atoms with Crippen LogP contribution < -0.4 is 10.1 Å². The Bertz CT molecular complexity index is 394. The van der Waals surface area contributed by atoms with Crippen LogP contribution in [0.15, 0.2) is 22.7 Å². The highest BCUT2D eigenvalue weighted by Crippen LogP contribution is 2.33. The number of amides is 1. The van der Waals surface area contributed by atoms with E-state index >= 15 is 0 Å².